The fraction of sp³-hybridized carbons (Fsp3) is 0.438. The summed E-state index contributed by atoms with van der Waals surface area (Å²) >= 11 is 0. The van der Waals surface area contributed by atoms with Crippen molar-refractivity contribution in [3.8, 4) is 5.75 Å². The first-order valence-corrected chi connectivity index (χ1v) is 7.87. The fourth-order valence-corrected chi connectivity index (χ4v) is 2.67. The Morgan fingerprint density at radius 1 is 1.42 bits per heavy atom. The van der Waals surface area contributed by atoms with E-state index in [9.17, 15) is 4.79 Å². The summed E-state index contributed by atoms with van der Waals surface area (Å²) in [4.78, 5) is 20.3. The number of carbonyl (C=O) groups excluding carboxylic acids is 1. The third kappa shape index (κ3) is 3.58. The summed E-state index contributed by atoms with van der Waals surface area (Å²) in [6.45, 7) is 1.20. The van der Waals surface area contributed by atoms with E-state index in [1.165, 1.54) is 0 Å². The maximum absolute atomic E-state index is 12.3. The van der Waals surface area contributed by atoms with Gasteiger partial charge in [-0.25, -0.2) is 9.78 Å². The molecule has 1 aliphatic heterocycles. The van der Waals surface area contributed by atoms with Gasteiger partial charge < -0.3 is 14.5 Å². The Morgan fingerprint density at radius 2 is 2.25 bits per heavy atom. The lowest BCUT2D eigenvalue weighted by Crippen LogP contribution is -2.34. The molecular formula is C16H22N6O2. The number of ether oxygens (including phenoxy) is 1. The largest absolute Gasteiger partial charge is 0.485 e. The minimum absolute atomic E-state index is 0.0395. The number of urea groups is 1. The lowest BCUT2D eigenvalue weighted by Gasteiger charge is -2.20. The van der Waals surface area contributed by atoms with Gasteiger partial charge in [0.2, 0.25) is 0 Å². The second-order valence-electron chi connectivity index (χ2n) is 6.00. The van der Waals surface area contributed by atoms with Gasteiger partial charge in [0.1, 0.15) is 6.10 Å². The van der Waals surface area contributed by atoms with Crippen LogP contribution in [0.2, 0.25) is 0 Å². The average molecular weight is 330 g/mol. The van der Waals surface area contributed by atoms with Crippen LogP contribution in [0.3, 0.4) is 0 Å². The zero-order chi connectivity index (χ0) is 17.1. The van der Waals surface area contributed by atoms with Crippen LogP contribution < -0.4 is 15.0 Å². The number of nitrogens with zero attached hydrogens (tertiary/aromatic N) is 5. The van der Waals surface area contributed by atoms with E-state index in [-0.39, 0.29) is 12.1 Å². The van der Waals surface area contributed by atoms with Crippen LogP contribution in [0.25, 0.3) is 0 Å². The highest BCUT2D eigenvalue weighted by Crippen LogP contribution is 2.26. The van der Waals surface area contributed by atoms with Crippen molar-refractivity contribution in [3.05, 3.63) is 30.6 Å². The van der Waals surface area contributed by atoms with Gasteiger partial charge in [-0.1, -0.05) is 0 Å². The van der Waals surface area contributed by atoms with E-state index in [1.54, 1.807) is 28.0 Å². The zero-order valence-corrected chi connectivity index (χ0v) is 14.1. The van der Waals surface area contributed by atoms with Gasteiger partial charge in [-0.2, -0.15) is 5.10 Å². The third-order valence-corrected chi connectivity index (χ3v) is 3.85. The molecule has 2 amide bonds. The molecule has 1 saturated heterocycles. The van der Waals surface area contributed by atoms with Gasteiger partial charge >= 0.3 is 6.03 Å². The number of likely N-dealkylation sites (tertiary alicyclic amines) is 1. The predicted molar refractivity (Wildman–Crippen MR) is 91.4 cm³/mol. The molecule has 1 N–H and O–H groups in total. The lowest BCUT2D eigenvalue weighted by atomic mass is 10.3. The fourth-order valence-electron chi connectivity index (χ4n) is 2.67. The molecule has 1 aliphatic rings. The standard InChI is InChI=1S/C16H22N6O2/c1-20(2)15-13(5-4-8-17-15)24-12-6-10-22(11-12)16(23)18-14-7-9-21(3)19-14/h4-5,7-9,12H,6,10-11H2,1-3H3,(H,18,19,23). The van der Waals surface area contributed by atoms with Crippen LogP contribution in [0, 0.1) is 0 Å². The number of hydrogen-bond acceptors (Lipinski definition) is 5. The Labute approximate surface area is 141 Å². The van der Waals surface area contributed by atoms with E-state index in [1.807, 2.05) is 38.2 Å². The van der Waals surface area contributed by atoms with E-state index in [0.29, 0.717) is 18.9 Å². The summed E-state index contributed by atoms with van der Waals surface area (Å²) in [5.74, 6) is 2.07. The van der Waals surface area contributed by atoms with Gasteiger partial charge in [0.25, 0.3) is 0 Å². The van der Waals surface area contributed by atoms with E-state index in [0.717, 1.165) is 18.0 Å². The molecule has 1 unspecified atom stereocenters. The number of hydrogen-bond donors (Lipinski definition) is 1. The van der Waals surface area contributed by atoms with Crippen LogP contribution in [0.1, 0.15) is 6.42 Å². The average Bonchev–Trinajstić information content (AvgIpc) is 3.17. The summed E-state index contributed by atoms with van der Waals surface area (Å²) in [6, 6.07) is 5.36. The van der Waals surface area contributed by atoms with Gasteiger partial charge in [-0.3, -0.25) is 10.00 Å². The molecule has 3 rings (SSSR count). The van der Waals surface area contributed by atoms with Gasteiger partial charge in [0.15, 0.2) is 17.4 Å². The number of nitrogens with one attached hydrogen (secondary N) is 1. The normalized spacial score (nSPS) is 17.0. The molecular weight excluding hydrogens is 308 g/mol. The minimum Gasteiger partial charge on any atom is -0.485 e. The highest BCUT2D eigenvalue weighted by Gasteiger charge is 2.28. The molecule has 0 saturated carbocycles. The third-order valence-electron chi connectivity index (χ3n) is 3.85. The van der Waals surface area contributed by atoms with Crippen molar-refractivity contribution >= 4 is 17.7 Å². The van der Waals surface area contributed by atoms with Crippen molar-refractivity contribution in [1.29, 1.82) is 0 Å². The monoisotopic (exact) mass is 330 g/mol. The number of amides is 2. The predicted octanol–water partition coefficient (Wildman–Crippen LogP) is 1.57. The van der Waals surface area contributed by atoms with Crippen molar-refractivity contribution in [2.45, 2.75) is 12.5 Å². The molecule has 0 bridgehead atoms. The Kier molecular flexibility index (Phi) is 4.54. The first-order chi connectivity index (χ1) is 11.5. The van der Waals surface area contributed by atoms with Crippen molar-refractivity contribution < 1.29 is 9.53 Å². The van der Waals surface area contributed by atoms with E-state index >= 15 is 0 Å². The Hall–Kier alpha value is -2.77. The molecule has 24 heavy (non-hydrogen) atoms. The zero-order valence-electron chi connectivity index (χ0n) is 14.1. The molecule has 2 aromatic rings. The first kappa shape index (κ1) is 16.1. The smallest absolute Gasteiger partial charge is 0.323 e. The minimum atomic E-state index is -0.154. The number of carbonyl (C=O) groups is 1. The second-order valence-corrected chi connectivity index (χ2v) is 6.00. The molecule has 0 spiro atoms. The Bertz CT molecular complexity index is 714. The molecule has 1 fully saturated rings. The highest BCUT2D eigenvalue weighted by molar-refractivity contribution is 5.88. The van der Waals surface area contributed by atoms with Crippen molar-refractivity contribution in [1.82, 2.24) is 19.7 Å². The van der Waals surface area contributed by atoms with Crippen LogP contribution >= 0.6 is 0 Å². The SMILES string of the molecule is CN(C)c1ncccc1OC1CCN(C(=O)Nc2ccn(C)n2)C1. The van der Waals surface area contributed by atoms with E-state index < -0.39 is 0 Å². The van der Waals surface area contributed by atoms with Crippen LogP contribution in [0.5, 0.6) is 5.75 Å². The number of pyridine rings is 1. The second kappa shape index (κ2) is 6.77. The molecule has 0 aromatic carbocycles. The topological polar surface area (TPSA) is 75.5 Å². The molecule has 0 aliphatic carbocycles. The maximum atomic E-state index is 12.3. The van der Waals surface area contributed by atoms with Gasteiger partial charge in [0, 0.05) is 52.6 Å². The molecule has 8 nitrogen and oxygen atoms in total. The molecule has 128 valence electrons. The maximum Gasteiger partial charge on any atom is 0.323 e. The molecule has 2 aromatic heterocycles. The number of aromatic nitrogens is 3. The summed E-state index contributed by atoms with van der Waals surface area (Å²) in [5.41, 5.74) is 0. The van der Waals surface area contributed by atoms with Crippen LogP contribution in [-0.2, 0) is 7.05 Å². The Balaban J connectivity index is 1.58. The molecule has 8 heteroatoms. The lowest BCUT2D eigenvalue weighted by molar-refractivity contribution is 0.195. The number of aryl methyl sites for hydroxylation is 1. The van der Waals surface area contributed by atoms with Crippen LogP contribution in [0.15, 0.2) is 30.6 Å². The summed E-state index contributed by atoms with van der Waals surface area (Å²) in [6.07, 6.45) is 4.28. The molecule has 3 heterocycles. The van der Waals surface area contributed by atoms with Crippen molar-refractivity contribution in [2.75, 3.05) is 37.4 Å². The Morgan fingerprint density at radius 3 is 2.96 bits per heavy atom. The summed E-state index contributed by atoms with van der Waals surface area (Å²) < 4.78 is 7.71. The van der Waals surface area contributed by atoms with Crippen molar-refractivity contribution in [2.24, 2.45) is 7.05 Å². The summed E-state index contributed by atoms with van der Waals surface area (Å²) in [7, 11) is 5.67. The van der Waals surface area contributed by atoms with Crippen molar-refractivity contribution in [3.63, 3.8) is 0 Å². The number of anilines is 2. The highest BCUT2D eigenvalue weighted by atomic mass is 16.5. The van der Waals surface area contributed by atoms with Gasteiger partial charge in [-0.05, 0) is 12.1 Å². The molecule has 1 atom stereocenters. The molecule has 0 radical (unpaired) electrons. The van der Waals surface area contributed by atoms with Crippen LogP contribution in [0.4, 0.5) is 16.4 Å². The number of rotatable bonds is 4. The first-order valence-electron chi connectivity index (χ1n) is 7.87. The summed E-state index contributed by atoms with van der Waals surface area (Å²) in [5, 5.41) is 6.95. The van der Waals surface area contributed by atoms with E-state index in [2.05, 4.69) is 15.4 Å². The van der Waals surface area contributed by atoms with Gasteiger partial charge in [0.05, 0.1) is 6.54 Å². The van der Waals surface area contributed by atoms with Crippen LogP contribution in [-0.4, -0.2) is 59.0 Å². The van der Waals surface area contributed by atoms with E-state index in [4.69, 9.17) is 4.74 Å². The quantitative estimate of drug-likeness (QED) is 0.921. The van der Waals surface area contributed by atoms with Gasteiger partial charge in [-0.15, -0.1) is 0 Å².